The van der Waals surface area contributed by atoms with Crippen LogP contribution in [0.2, 0.25) is 5.02 Å². The smallest absolute Gasteiger partial charge is 0.236 e. The molecule has 2 fully saturated rings. The maximum Gasteiger partial charge on any atom is 0.236 e. The molecule has 144 valence electrons. The number of carbonyl (C=O) groups is 1. The Hall–Kier alpha value is -1.98. The van der Waals surface area contributed by atoms with E-state index in [4.69, 9.17) is 11.6 Å². The molecule has 27 heavy (non-hydrogen) atoms. The van der Waals surface area contributed by atoms with Crippen LogP contribution in [0.4, 0.5) is 5.69 Å². The van der Waals surface area contributed by atoms with Crippen molar-refractivity contribution in [3.05, 3.63) is 53.3 Å². The number of hydrogen-bond donors (Lipinski definition) is 0. The lowest BCUT2D eigenvalue weighted by Gasteiger charge is -2.37. The zero-order valence-corrected chi connectivity index (χ0v) is 16.6. The van der Waals surface area contributed by atoms with Crippen LogP contribution in [0, 0.1) is 0 Å². The number of anilines is 1. The van der Waals surface area contributed by atoms with Crippen LogP contribution in [0.5, 0.6) is 0 Å². The van der Waals surface area contributed by atoms with E-state index < -0.39 is 0 Å². The Morgan fingerprint density at radius 1 is 1.11 bits per heavy atom. The second-order valence-corrected chi connectivity index (χ2v) is 7.96. The molecule has 2 aliphatic heterocycles. The van der Waals surface area contributed by atoms with Crippen LogP contribution < -0.4 is 4.90 Å². The minimum Gasteiger partial charge on any atom is -0.368 e. The van der Waals surface area contributed by atoms with Crippen LogP contribution in [-0.2, 0) is 11.8 Å². The van der Waals surface area contributed by atoms with Gasteiger partial charge in [-0.3, -0.25) is 9.69 Å². The normalized spacial score (nSPS) is 21.0. The highest BCUT2D eigenvalue weighted by Crippen LogP contribution is 2.31. The number of carbonyl (C=O) groups excluding carboxylic acids is 1. The Labute approximate surface area is 166 Å². The van der Waals surface area contributed by atoms with Gasteiger partial charge in [-0.25, -0.2) is 0 Å². The molecular formula is C21H27ClN4O. The van der Waals surface area contributed by atoms with Gasteiger partial charge in [0.05, 0.1) is 12.6 Å². The molecule has 2 aliphatic rings. The fourth-order valence-corrected chi connectivity index (χ4v) is 4.52. The number of halogens is 1. The molecule has 1 aromatic heterocycles. The molecule has 0 saturated carbocycles. The van der Waals surface area contributed by atoms with Gasteiger partial charge in [0.15, 0.2) is 0 Å². The quantitative estimate of drug-likeness (QED) is 0.808. The van der Waals surface area contributed by atoms with Crippen molar-refractivity contribution in [2.45, 2.75) is 18.9 Å². The van der Waals surface area contributed by atoms with Crippen LogP contribution in [0.15, 0.2) is 42.6 Å². The predicted octanol–water partition coefficient (Wildman–Crippen LogP) is 3.16. The number of benzene rings is 1. The minimum absolute atomic E-state index is 0.252. The van der Waals surface area contributed by atoms with Crippen molar-refractivity contribution in [1.29, 1.82) is 0 Å². The maximum atomic E-state index is 12.9. The number of aryl methyl sites for hydroxylation is 1. The number of likely N-dealkylation sites (tertiary alicyclic amines) is 1. The van der Waals surface area contributed by atoms with E-state index in [0.717, 1.165) is 56.3 Å². The van der Waals surface area contributed by atoms with E-state index in [-0.39, 0.29) is 5.91 Å². The fraction of sp³-hybridized carbons (Fsp3) is 0.476. The third-order valence-electron chi connectivity index (χ3n) is 5.83. The van der Waals surface area contributed by atoms with E-state index in [0.29, 0.717) is 12.6 Å². The van der Waals surface area contributed by atoms with Crippen molar-refractivity contribution in [1.82, 2.24) is 14.4 Å². The summed E-state index contributed by atoms with van der Waals surface area (Å²) >= 11 is 6.11. The fourth-order valence-electron chi connectivity index (χ4n) is 4.33. The average molecular weight is 387 g/mol. The van der Waals surface area contributed by atoms with Gasteiger partial charge >= 0.3 is 0 Å². The monoisotopic (exact) mass is 386 g/mol. The van der Waals surface area contributed by atoms with Gasteiger partial charge in [-0.05, 0) is 49.7 Å². The Morgan fingerprint density at radius 2 is 1.93 bits per heavy atom. The van der Waals surface area contributed by atoms with Crippen molar-refractivity contribution in [3.8, 4) is 0 Å². The summed E-state index contributed by atoms with van der Waals surface area (Å²) in [6.45, 7) is 4.78. The summed E-state index contributed by atoms with van der Waals surface area (Å²) in [6, 6.07) is 12.6. The van der Waals surface area contributed by atoms with Gasteiger partial charge in [0.2, 0.25) is 5.91 Å². The molecule has 0 bridgehead atoms. The summed E-state index contributed by atoms with van der Waals surface area (Å²) in [7, 11) is 2.09. The molecule has 0 radical (unpaired) electrons. The standard InChI is InChI=1S/C21H27ClN4O/c1-23-9-3-7-19(23)20-8-4-10-26(20)16-21(27)25-13-11-24(12-14-25)18-6-2-5-17(22)15-18/h2-3,5-7,9,15,20H,4,8,10-14,16H2,1H3. The molecule has 2 saturated heterocycles. The first-order valence-corrected chi connectivity index (χ1v) is 10.1. The molecule has 5 nitrogen and oxygen atoms in total. The Morgan fingerprint density at radius 3 is 2.63 bits per heavy atom. The van der Waals surface area contributed by atoms with E-state index in [2.05, 4.69) is 45.8 Å². The van der Waals surface area contributed by atoms with Gasteiger partial charge in [0, 0.05) is 55.8 Å². The first-order chi connectivity index (χ1) is 13.1. The number of hydrogen-bond acceptors (Lipinski definition) is 3. The molecule has 1 amide bonds. The highest BCUT2D eigenvalue weighted by atomic mass is 35.5. The van der Waals surface area contributed by atoms with Crippen molar-refractivity contribution in [3.63, 3.8) is 0 Å². The second kappa shape index (κ2) is 7.95. The van der Waals surface area contributed by atoms with E-state index in [1.807, 2.05) is 23.1 Å². The zero-order valence-electron chi connectivity index (χ0n) is 15.9. The number of rotatable bonds is 4. The summed E-state index contributed by atoms with van der Waals surface area (Å²) in [5.41, 5.74) is 2.45. The first-order valence-electron chi connectivity index (χ1n) is 9.75. The van der Waals surface area contributed by atoms with Crippen LogP contribution in [-0.4, -0.2) is 59.5 Å². The number of amides is 1. The van der Waals surface area contributed by atoms with Crippen molar-refractivity contribution >= 4 is 23.2 Å². The summed E-state index contributed by atoms with van der Waals surface area (Å²) in [5.74, 6) is 0.252. The van der Waals surface area contributed by atoms with Gasteiger partial charge < -0.3 is 14.4 Å². The highest BCUT2D eigenvalue weighted by molar-refractivity contribution is 6.30. The number of nitrogens with zero attached hydrogens (tertiary/aromatic N) is 4. The molecule has 0 N–H and O–H groups in total. The topological polar surface area (TPSA) is 31.7 Å². The van der Waals surface area contributed by atoms with Crippen LogP contribution in [0.1, 0.15) is 24.6 Å². The summed E-state index contributed by atoms with van der Waals surface area (Å²) in [5, 5.41) is 0.756. The molecule has 1 unspecified atom stereocenters. The zero-order chi connectivity index (χ0) is 18.8. The van der Waals surface area contributed by atoms with Crippen molar-refractivity contribution < 1.29 is 4.79 Å². The molecule has 3 heterocycles. The van der Waals surface area contributed by atoms with Crippen LogP contribution in [0.25, 0.3) is 0 Å². The lowest BCUT2D eigenvalue weighted by atomic mass is 10.1. The number of aromatic nitrogens is 1. The molecule has 0 aliphatic carbocycles. The van der Waals surface area contributed by atoms with Crippen LogP contribution >= 0.6 is 11.6 Å². The van der Waals surface area contributed by atoms with E-state index in [1.54, 1.807) is 0 Å². The first kappa shape index (κ1) is 18.4. The van der Waals surface area contributed by atoms with E-state index in [1.165, 1.54) is 5.69 Å². The summed E-state index contributed by atoms with van der Waals surface area (Å²) < 4.78 is 2.18. The van der Waals surface area contributed by atoms with Gasteiger partial charge in [-0.1, -0.05) is 17.7 Å². The van der Waals surface area contributed by atoms with Gasteiger partial charge in [0.25, 0.3) is 0 Å². The van der Waals surface area contributed by atoms with Gasteiger partial charge in [-0.2, -0.15) is 0 Å². The molecule has 0 spiro atoms. The van der Waals surface area contributed by atoms with Crippen molar-refractivity contribution in [2.75, 3.05) is 44.2 Å². The Kier molecular flexibility index (Phi) is 5.41. The van der Waals surface area contributed by atoms with Gasteiger partial charge in [-0.15, -0.1) is 0 Å². The minimum atomic E-state index is 0.252. The third-order valence-corrected chi connectivity index (χ3v) is 6.07. The largest absolute Gasteiger partial charge is 0.368 e. The highest BCUT2D eigenvalue weighted by Gasteiger charge is 2.31. The summed E-state index contributed by atoms with van der Waals surface area (Å²) in [6.07, 6.45) is 4.38. The van der Waals surface area contributed by atoms with E-state index >= 15 is 0 Å². The van der Waals surface area contributed by atoms with E-state index in [9.17, 15) is 4.79 Å². The third kappa shape index (κ3) is 3.99. The molecule has 1 atom stereocenters. The average Bonchev–Trinajstić information content (AvgIpc) is 3.30. The second-order valence-electron chi connectivity index (χ2n) is 7.52. The van der Waals surface area contributed by atoms with Gasteiger partial charge in [0.1, 0.15) is 0 Å². The van der Waals surface area contributed by atoms with Crippen molar-refractivity contribution in [2.24, 2.45) is 7.05 Å². The Balaban J connectivity index is 1.34. The predicted molar refractivity (Wildman–Crippen MR) is 109 cm³/mol. The van der Waals surface area contributed by atoms with Crippen LogP contribution in [0.3, 0.4) is 0 Å². The molecule has 1 aromatic carbocycles. The Bertz CT molecular complexity index is 797. The molecular weight excluding hydrogens is 360 g/mol. The lowest BCUT2D eigenvalue weighted by molar-refractivity contribution is -0.133. The SMILES string of the molecule is Cn1cccc1C1CCCN1CC(=O)N1CCN(c2cccc(Cl)c2)CC1. The molecule has 4 rings (SSSR count). The lowest BCUT2D eigenvalue weighted by Crippen LogP contribution is -2.51. The molecule has 2 aromatic rings. The summed E-state index contributed by atoms with van der Waals surface area (Å²) in [4.78, 5) is 19.6. The maximum absolute atomic E-state index is 12.9. The molecule has 6 heteroatoms. The number of piperazine rings is 1.